The number of hydrazone groups is 1. The summed E-state index contributed by atoms with van der Waals surface area (Å²) < 4.78 is 5.81. The third-order valence-electron chi connectivity index (χ3n) is 4.08. The predicted octanol–water partition coefficient (Wildman–Crippen LogP) is 4.57. The molecule has 0 aliphatic rings. The molecule has 0 bridgehead atoms. The van der Waals surface area contributed by atoms with Crippen LogP contribution in [-0.2, 0) is 13.2 Å². The Morgan fingerprint density at radius 2 is 1.64 bits per heavy atom. The Bertz CT molecular complexity index is 907. The largest absolute Gasteiger partial charge is 0.489 e. The maximum absolute atomic E-state index is 5.81. The van der Waals surface area contributed by atoms with E-state index in [4.69, 9.17) is 17.0 Å². The van der Waals surface area contributed by atoms with Gasteiger partial charge in [-0.2, -0.15) is 5.10 Å². The van der Waals surface area contributed by atoms with E-state index in [0.717, 1.165) is 22.4 Å². The van der Waals surface area contributed by atoms with Crippen LogP contribution in [0.15, 0.2) is 84.0 Å². The number of nitrogens with zero attached hydrogens (tertiary/aromatic N) is 1. The van der Waals surface area contributed by atoms with Crippen molar-refractivity contribution in [1.82, 2.24) is 10.7 Å². The first-order valence-electron chi connectivity index (χ1n) is 9.08. The van der Waals surface area contributed by atoms with Gasteiger partial charge in [-0.1, -0.05) is 60.2 Å². The number of aryl methyl sites for hydroxylation is 1. The molecule has 0 atom stereocenters. The van der Waals surface area contributed by atoms with Gasteiger partial charge < -0.3 is 10.1 Å². The summed E-state index contributed by atoms with van der Waals surface area (Å²) in [4.78, 5) is 0. The average Bonchev–Trinajstić information content (AvgIpc) is 2.73. The van der Waals surface area contributed by atoms with E-state index in [-0.39, 0.29) is 0 Å². The zero-order valence-electron chi connectivity index (χ0n) is 15.8. The fourth-order valence-electron chi connectivity index (χ4n) is 2.48. The van der Waals surface area contributed by atoms with E-state index in [9.17, 15) is 0 Å². The van der Waals surface area contributed by atoms with E-state index in [1.807, 2.05) is 54.6 Å². The Morgan fingerprint density at radius 1 is 0.929 bits per heavy atom. The summed E-state index contributed by atoms with van der Waals surface area (Å²) in [5, 5.41) is 7.77. The number of rotatable bonds is 7. The van der Waals surface area contributed by atoms with Crippen LogP contribution in [0.25, 0.3) is 0 Å². The van der Waals surface area contributed by atoms with Crippen molar-refractivity contribution < 1.29 is 4.74 Å². The lowest BCUT2D eigenvalue weighted by atomic mass is 10.2. The smallest absolute Gasteiger partial charge is 0.187 e. The minimum Gasteiger partial charge on any atom is -0.489 e. The fourth-order valence-corrected chi connectivity index (χ4v) is 2.61. The normalized spacial score (nSPS) is 10.6. The highest BCUT2D eigenvalue weighted by atomic mass is 32.1. The zero-order chi connectivity index (χ0) is 19.6. The van der Waals surface area contributed by atoms with Crippen LogP contribution in [-0.4, -0.2) is 11.3 Å². The first kappa shape index (κ1) is 19.6. The highest BCUT2D eigenvalue weighted by Crippen LogP contribution is 2.14. The molecule has 0 aliphatic carbocycles. The summed E-state index contributed by atoms with van der Waals surface area (Å²) in [7, 11) is 0. The number of hydrogen-bond acceptors (Lipinski definition) is 3. The molecule has 3 rings (SSSR count). The quantitative estimate of drug-likeness (QED) is 0.353. The van der Waals surface area contributed by atoms with Gasteiger partial charge in [-0.15, -0.1) is 0 Å². The molecule has 0 saturated heterocycles. The Hall–Kier alpha value is -3.18. The third-order valence-corrected chi connectivity index (χ3v) is 4.32. The molecule has 0 amide bonds. The molecule has 2 N–H and O–H groups in total. The van der Waals surface area contributed by atoms with Gasteiger partial charge in [0.05, 0.1) is 6.21 Å². The van der Waals surface area contributed by atoms with Gasteiger partial charge in [0, 0.05) is 6.54 Å². The molecule has 0 heterocycles. The molecule has 0 fully saturated rings. The maximum atomic E-state index is 5.81. The Kier molecular flexibility index (Phi) is 7.15. The van der Waals surface area contributed by atoms with Gasteiger partial charge in [0.25, 0.3) is 0 Å². The number of ether oxygens (including phenoxy) is 1. The van der Waals surface area contributed by atoms with E-state index in [2.05, 4.69) is 47.0 Å². The van der Waals surface area contributed by atoms with E-state index < -0.39 is 0 Å². The van der Waals surface area contributed by atoms with Crippen LogP contribution < -0.4 is 15.5 Å². The van der Waals surface area contributed by atoms with Crippen LogP contribution in [0.2, 0.25) is 0 Å². The molecular formula is C23H23N3OS. The van der Waals surface area contributed by atoms with E-state index >= 15 is 0 Å². The lowest BCUT2D eigenvalue weighted by molar-refractivity contribution is 0.306. The zero-order valence-corrected chi connectivity index (χ0v) is 16.6. The molecular weight excluding hydrogens is 366 g/mol. The van der Waals surface area contributed by atoms with Crippen molar-refractivity contribution in [3.05, 3.63) is 101 Å². The van der Waals surface area contributed by atoms with Gasteiger partial charge in [0.15, 0.2) is 5.11 Å². The van der Waals surface area contributed by atoms with Crippen LogP contribution in [0.1, 0.15) is 22.3 Å². The first-order chi connectivity index (χ1) is 13.7. The second kappa shape index (κ2) is 10.2. The highest BCUT2D eigenvalue weighted by Gasteiger charge is 1.97. The minimum atomic E-state index is 0.484. The molecule has 0 aromatic heterocycles. The average molecular weight is 390 g/mol. The topological polar surface area (TPSA) is 45.6 Å². The molecule has 3 aromatic rings. The van der Waals surface area contributed by atoms with Crippen LogP contribution in [0.3, 0.4) is 0 Å². The molecule has 0 saturated carbocycles. The fraction of sp³-hybridized carbons (Fsp3) is 0.130. The van der Waals surface area contributed by atoms with E-state index in [0.29, 0.717) is 18.3 Å². The summed E-state index contributed by atoms with van der Waals surface area (Å²) >= 11 is 5.22. The third kappa shape index (κ3) is 6.52. The minimum absolute atomic E-state index is 0.484. The van der Waals surface area contributed by atoms with E-state index in [1.165, 1.54) is 5.56 Å². The van der Waals surface area contributed by atoms with Crippen LogP contribution >= 0.6 is 12.2 Å². The first-order valence-corrected chi connectivity index (χ1v) is 9.49. The van der Waals surface area contributed by atoms with Gasteiger partial charge in [-0.3, -0.25) is 5.43 Å². The maximum Gasteiger partial charge on any atom is 0.187 e. The van der Waals surface area contributed by atoms with Crippen LogP contribution in [0, 0.1) is 6.92 Å². The lowest BCUT2D eigenvalue weighted by Gasteiger charge is -2.07. The molecule has 3 aromatic carbocycles. The summed E-state index contributed by atoms with van der Waals surface area (Å²) in [6.07, 6.45) is 1.72. The monoisotopic (exact) mass is 389 g/mol. The van der Waals surface area contributed by atoms with Crippen molar-refractivity contribution in [3.63, 3.8) is 0 Å². The predicted molar refractivity (Wildman–Crippen MR) is 119 cm³/mol. The molecule has 4 nitrogen and oxygen atoms in total. The molecule has 0 radical (unpaired) electrons. The summed E-state index contributed by atoms with van der Waals surface area (Å²) in [6.45, 7) is 3.29. The van der Waals surface area contributed by atoms with Gasteiger partial charge in [-0.25, -0.2) is 0 Å². The molecule has 142 valence electrons. The summed E-state index contributed by atoms with van der Waals surface area (Å²) in [6, 6.07) is 26.2. The number of benzene rings is 3. The Labute approximate surface area is 171 Å². The molecule has 0 aliphatic heterocycles. The van der Waals surface area contributed by atoms with Crippen molar-refractivity contribution in [3.8, 4) is 5.75 Å². The number of thiocarbonyl (C=S) groups is 1. The Balaban J connectivity index is 1.41. The van der Waals surface area contributed by atoms with Crippen molar-refractivity contribution in [2.45, 2.75) is 20.1 Å². The number of hydrogen-bond donors (Lipinski definition) is 2. The van der Waals surface area contributed by atoms with Crippen molar-refractivity contribution in [2.75, 3.05) is 0 Å². The molecule has 28 heavy (non-hydrogen) atoms. The van der Waals surface area contributed by atoms with Crippen molar-refractivity contribution in [1.29, 1.82) is 0 Å². The van der Waals surface area contributed by atoms with Gasteiger partial charge in [0.1, 0.15) is 12.4 Å². The van der Waals surface area contributed by atoms with Crippen molar-refractivity contribution >= 4 is 23.5 Å². The van der Waals surface area contributed by atoms with Gasteiger partial charge >= 0.3 is 0 Å². The SMILES string of the molecule is Cc1ccc(COc2ccc(/C=N/NC(=S)NCc3ccccc3)cc2)cc1. The van der Waals surface area contributed by atoms with Crippen molar-refractivity contribution in [2.24, 2.45) is 5.10 Å². The summed E-state index contributed by atoms with van der Waals surface area (Å²) in [5.74, 6) is 0.825. The molecule has 0 spiro atoms. The summed E-state index contributed by atoms with van der Waals surface area (Å²) in [5.41, 5.74) is 7.34. The second-order valence-electron chi connectivity index (χ2n) is 6.38. The van der Waals surface area contributed by atoms with Crippen LogP contribution in [0.4, 0.5) is 0 Å². The number of nitrogens with one attached hydrogen (secondary N) is 2. The standard InChI is InChI=1S/C23H23N3OS/c1-18-7-9-21(10-8-18)17-27-22-13-11-20(12-14-22)16-25-26-23(28)24-15-19-5-3-2-4-6-19/h2-14,16H,15,17H2,1H3,(H2,24,26,28)/b25-16+. The van der Waals surface area contributed by atoms with Crippen LogP contribution in [0.5, 0.6) is 5.75 Å². The van der Waals surface area contributed by atoms with Gasteiger partial charge in [0.2, 0.25) is 0 Å². The van der Waals surface area contributed by atoms with Gasteiger partial charge in [-0.05, 0) is 60.1 Å². The highest BCUT2D eigenvalue weighted by molar-refractivity contribution is 7.80. The second-order valence-corrected chi connectivity index (χ2v) is 6.79. The molecule has 5 heteroatoms. The van der Waals surface area contributed by atoms with E-state index in [1.54, 1.807) is 6.21 Å². The molecule has 0 unspecified atom stereocenters. The lowest BCUT2D eigenvalue weighted by Crippen LogP contribution is -2.31. The Morgan fingerprint density at radius 3 is 2.36 bits per heavy atom.